The van der Waals surface area contributed by atoms with Crippen LogP contribution in [0.3, 0.4) is 0 Å². The number of rotatable bonds is 7. The summed E-state index contributed by atoms with van der Waals surface area (Å²) in [6.07, 6.45) is 3.31. The van der Waals surface area contributed by atoms with E-state index in [2.05, 4.69) is 24.1 Å². The minimum absolute atomic E-state index is 0.00778. The molecular formula is C15H24N2O2S. The molecule has 1 aromatic rings. The van der Waals surface area contributed by atoms with Gasteiger partial charge in [-0.1, -0.05) is 13.8 Å². The highest BCUT2D eigenvalue weighted by Crippen LogP contribution is 2.40. The van der Waals surface area contributed by atoms with Gasteiger partial charge < -0.3 is 15.0 Å². The molecule has 2 rings (SSSR count). The lowest BCUT2D eigenvalue weighted by atomic mass is 10.2. The fourth-order valence-corrected chi connectivity index (χ4v) is 3.96. The normalized spacial score (nSPS) is 13.6. The van der Waals surface area contributed by atoms with Crippen LogP contribution in [0.1, 0.15) is 40.4 Å². The zero-order chi connectivity index (χ0) is 14.5. The van der Waals surface area contributed by atoms with E-state index in [1.54, 1.807) is 18.4 Å². The van der Waals surface area contributed by atoms with E-state index in [9.17, 15) is 4.79 Å². The molecule has 0 spiro atoms. The van der Waals surface area contributed by atoms with E-state index in [1.807, 2.05) is 0 Å². The van der Waals surface area contributed by atoms with Crippen molar-refractivity contribution in [2.24, 2.45) is 0 Å². The van der Waals surface area contributed by atoms with Crippen molar-refractivity contribution < 1.29 is 9.53 Å². The maximum atomic E-state index is 12.3. The first-order chi connectivity index (χ1) is 9.71. The molecule has 0 aromatic carbocycles. The number of hydrogen-bond acceptors (Lipinski definition) is 4. The Morgan fingerprint density at radius 2 is 2.10 bits per heavy atom. The van der Waals surface area contributed by atoms with Crippen molar-refractivity contribution in [2.75, 3.05) is 33.3 Å². The second kappa shape index (κ2) is 7.09. The summed E-state index contributed by atoms with van der Waals surface area (Å²) >= 11 is 1.60. The number of hydrogen-bond donors (Lipinski definition) is 1. The molecular weight excluding hydrogens is 272 g/mol. The Bertz CT molecular complexity index is 467. The smallest absolute Gasteiger partial charge is 0.265 e. The van der Waals surface area contributed by atoms with Crippen LogP contribution in [0.5, 0.6) is 5.75 Å². The minimum atomic E-state index is 0.00778. The summed E-state index contributed by atoms with van der Waals surface area (Å²) in [5.41, 5.74) is 1.26. The summed E-state index contributed by atoms with van der Waals surface area (Å²) in [6, 6.07) is 0. The van der Waals surface area contributed by atoms with Crippen LogP contribution in [-0.2, 0) is 12.8 Å². The Morgan fingerprint density at radius 1 is 1.35 bits per heavy atom. The van der Waals surface area contributed by atoms with Crippen LogP contribution < -0.4 is 10.1 Å². The Hall–Kier alpha value is -1.07. The van der Waals surface area contributed by atoms with E-state index >= 15 is 0 Å². The lowest BCUT2D eigenvalue weighted by Crippen LogP contribution is -2.34. The largest absolute Gasteiger partial charge is 0.495 e. The van der Waals surface area contributed by atoms with E-state index in [0.29, 0.717) is 6.54 Å². The number of carbonyl (C=O) groups excluding carboxylic acids is 1. The van der Waals surface area contributed by atoms with Crippen molar-refractivity contribution in [3.63, 3.8) is 0 Å². The molecule has 0 saturated heterocycles. The number of fused-ring (bicyclic) bond motifs is 1. The highest BCUT2D eigenvalue weighted by molar-refractivity contribution is 7.14. The zero-order valence-electron chi connectivity index (χ0n) is 12.6. The van der Waals surface area contributed by atoms with Crippen LogP contribution in [-0.4, -0.2) is 44.1 Å². The molecule has 0 radical (unpaired) electrons. The first-order valence-electron chi connectivity index (χ1n) is 7.40. The van der Waals surface area contributed by atoms with Gasteiger partial charge in [0.25, 0.3) is 5.91 Å². The van der Waals surface area contributed by atoms with E-state index in [1.165, 1.54) is 16.9 Å². The molecule has 4 nitrogen and oxygen atoms in total. The predicted molar refractivity (Wildman–Crippen MR) is 83.0 cm³/mol. The van der Waals surface area contributed by atoms with Crippen LogP contribution in [0.15, 0.2) is 0 Å². The van der Waals surface area contributed by atoms with E-state index in [0.717, 1.165) is 43.1 Å². The summed E-state index contributed by atoms with van der Waals surface area (Å²) in [5, 5.41) is 3.01. The number of carbonyl (C=O) groups is 1. The van der Waals surface area contributed by atoms with Gasteiger partial charge in [-0.05, 0) is 32.4 Å². The Kier molecular flexibility index (Phi) is 5.43. The Labute approximate surface area is 125 Å². The Morgan fingerprint density at radius 3 is 2.75 bits per heavy atom. The number of thiophene rings is 1. The van der Waals surface area contributed by atoms with Crippen molar-refractivity contribution in [3.05, 3.63) is 15.3 Å². The van der Waals surface area contributed by atoms with Crippen LogP contribution in [0.4, 0.5) is 0 Å². The first-order valence-corrected chi connectivity index (χ1v) is 8.21. The molecule has 1 aromatic heterocycles. The van der Waals surface area contributed by atoms with Crippen molar-refractivity contribution >= 4 is 17.2 Å². The van der Waals surface area contributed by atoms with Gasteiger partial charge in [0.05, 0.1) is 7.11 Å². The standard InChI is InChI=1S/C15H24N2O2S/c1-4-17(5-2)10-9-16-15(18)14-13(19-3)11-7-6-8-12(11)20-14/h4-10H2,1-3H3,(H,16,18). The number of ether oxygens (including phenoxy) is 1. The van der Waals surface area contributed by atoms with E-state index in [4.69, 9.17) is 4.74 Å². The summed E-state index contributed by atoms with van der Waals surface area (Å²) in [6.45, 7) is 7.89. The number of likely N-dealkylation sites (N-methyl/N-ethyl adjacent to an activating group) is 1. The quantitative estimate of drug-likeness (QED) is 0.839. The summed E-state index contributed by atoms with van der Waals surface area (Å²) in [5.74, 6) is 0.816. The lowest BCUT2D eigenvalue weighted by Gasteiger charge is -2.17. The molecule has 0 saturated carbocycles. The van der Waals surface area contributed by atoms with E-state index in [-0.39, 0.29) is 5.91 Å². The molecule has 0 unspecified atom stereocenters. The summed E-state index contributed by atoms with van der Waals surface area (Å²) in [7, 11) is 1.66. The Balaban J connectivity index is 1.96. The highest BCUT2D eigenvalue weighted by Gasteiger charge is 2.26. The third kappa shape index (κ3) is 3.15. The maximum absolute atomic E-state index is 12.3. The topological polar surface area (TPSA) is 41.6 Å². The van der Waals surface area contributed by atoms with Crippen molar-refractivity contribution in [1.82, 2.24) is 10.2 Å². The molecule has 1 N–H and O–H groups in total. The van der Waals surface area contributed by atoms with Gasteiger partial charge in [0.1, 0.15) is 10.6 Å². The van der Waals surface area contributed by atoms with E-state index < -0.39 is 0 Å². The van der Waals surface area contributed by atoms with Crippen molar-refractivity contribution in [2.45, 2.75) is 33.1 Å². The fourth-order valence-electron chi connectivity index (χ4n) is 2.69. The molecule has 0 bridgehead atoms. The average molecular weight is 296 g/mol. The average Bonchev–Trinajstić information content (AvgIpc) is 3.03. The predicted octanol–water partition coefficient (Wildman–Crippen LogP) is 2.32. The van der Waals surface area contributed by atoms with Crippen molar-refractivity contribution in [3.8, 4) is 5.75 Å². The third-order valence-electron chi connectivity index (χ3n) is 3.89. The molecule has 1 heterocycles. The summed E-state index contributed by atoms with van der Waals surface area (Å²) in [4.78, 5) is 16.7. The van der Waals surface area contributed by atoms with Gasteiger partial charge in [-0.15, -0.1) is 11.3 Å². The van der Waals surface area contributed by atoms with Gasteiger partial charge in [0.2, 0.25) is 0 Å². The molecule has 0 fully saturated rings. The molecule has 1 aliphatic rings. The molecule has 1 aliphatic carbocycles. The van der Waals surface area contributed by atoms with Crippen LogP contribution in [0, 0.1) is 0 Å². The maximum Gasteiger partial charge on any atom is 0.265 e. The number of nitrogens with one attached hydrogen (secondary N) is 1. The van der Waals surface area contributed by atoms with Gasteiger partial charge in [0, 0.05) is 23.5 Å². The monoisotopic (exact) mass is 296 g/mol. The van der Waals surface area contributed by atoms with Crippen LogP contribution in [0.25, 0.3) is 0 Å². The second-order valence-corrected chi connectivity index (χ2v) is 6.11. The third-order valence-corrected chi connectivity index (χ3v) is 5.16. The zero-order valence-corrected chi connectivity index (χ0v) is 13.4. The molecule has 5 heteroatoms. The van der Waals surface area contributed by atoms with Crippen LogP contribution in [0.2, 0.25) is 0 Å². The number of amides is 1. The number of aryl methyl sites for hydroxylation is 1. The van der Waals surface area contributed by atoms with Gasteiger partial charge in [0.15, 0.2) is 0 Å². The fraction of sp³-hybridized carbons (Fsp3) is 0.667. The molecule has 0 aliphatic heterocycles. The summed E-state index contributed by atoms with van der Waals surface area (Å²) < 4.78 is 5.46. The number of nitrogens with zero attached hydrogens (tertiary/aromatic N) is 1. The lowest BCUT2D eigenvalue weighted by molar-refractivity contribution is 0.0950. The van der Waals surface area contributed by atoms with Gasteiger partial charge in [-0.2, -0.15) is 0 Å². The van der Waals surface area contributed by atoms with Crippen LogP contribution >= 0.6 is 11.3 Å². The minimum Gasteiger partial charge on any atom is -0.495 e. The number of methoxy groups -OCH3 is 1. The SMILES string of the molecule is CCN(CC)CCNC(=O)c1sc2c(c1OC)CCC2. The first kappa shape index (κ1) is 15.3. The molecule has 20 heavy (non-hydrogen) atoms. The van der Waals surface area contributed by atoms with Gasteiger partial charge >= 0.3 is 0 Å². The van der Waals surface area contributed by atoms with Gasteiger partial charge in [-0.3, -0.25) is 4.79 Å². The van der Waals surface area contributed by atoms with Crippen molar-refractivity contribution in [1.29, 1.82) is 0 Å². The highest BCUT2D eigenvalue weighted by atomic mass is 32.1. The molecule has 1 amide bonds. The molecule has 0 atom stereocenters. The second-order valence-electron chi connectivity index (χ2n) is 5.00. The van der Waals surface area contributed by atoms with Gasteiger partial charge in [-0.25, -0.2) is 0 Å². The molecule has 112 valence electrons.